The SMILES string of the molecule is CSc1nc(-c2ccnc(NC(C)=O)c2)c(-c2ccc(F)cc2)[nH]1. The molecule has 0 atom stereocenters. The maximum Gasteiger partial charge on any atom is 0.222 e. The number of benzene rings is 1. The Bertz CT molecular complexity index is 877. The molecule has 0 aliphatic rings. The number of aromatic amines is 1. The van der Waals surface area contributed by atoms with E-state index in [1.54, 1.807) is 24.4 Å². The van der Waals surface area contributed by atoms with Crippen LogP contribution in [0, 0.1) is 5.82 Å². The van der Waals surface area contributed by atoms with E-state index >= 15 is 0 Å². The first-order valence-corrected chi connectivity index (χ1v) is 8.43. The van der Waals surface area contributed by atoms with Crippen LogP contribution in [0.3, 0.4) is 0 Å². The van der Waals surface area contributed by atoms with Crippen LogP contribution in [-0.4, -0.2) is 27.1 Å². The molecule has 0 saturated carbocycles. The fraction of sp³-hybridized carbons (Fsp3) is 0.118. The zero-order chi connectivity index (χ0) is 17.1. The van der Waals surface area contributed by atoms with Crippen LogP contribution in [0.1, 0.15) is 6.92 Å². The van der Waals surface area contributed by atoms with E-state index < -0.39 is 0 Å². The Kier molecular flexibility index (Phi) is 4.61. The number of hydrogen-bond donors (Lipinski definition) is 2. The van der Waals surface area contributed by atoms with Gasteiger partial charge in [-0.2, -0.15) is 0 Å². The summed E-state index contributed by atoms with van der Waals surface area (Å²) < 4.78 is 13.2. The van der Waals surface area contributed by atoms with Gasteiger partial charge in [-0.3, -0.25) is 4.79 Å². The average molecular weight is 342 g/mol. The Labute approximate surface area is 142 Å². The van der Waals surface area contributed by atoms with E-state index in [-0.39, 0.29) is 11.7 Å². The lowest BCUT2D eigenvalue weighted by atomic mass is 10.1. The number of carbonyl (C=O) groups excluding carboxylic acids is 1. The Morgan fingerprint density at radius 3 is 2.62 bits per heavy atom. The molecule has 0 aliphatic carbocycles. The monoisotopic (exact) mass is 342 g/mol. The summed E-state index contributed by atoms with van der Waals surface area (Å²) in [6, 6.07) is 9.80. The number of thioether (sulfide) groups is 1. The van der Waals surface area contributed by atoms with Crippen molar-refractivity contribution in [3.05, 3.63) is 48.4 Å². The van der Waals surface area contributed by atoms with E-state index in [4.69, 9.17) is 0 Å². The van der Waals surface area contributed by atoms with Gasteiger partial charge in [0.1, 0.15) is 11.6 Å². The summed E-state index contributed by atoms with van der Waals surface area (Å²) in [4.78, 5) is 23.2. The number of halogens is 1. The van der Waals surface area contributed by atoms with E-state index in [0.29, 0.717) is 5.82 Å². The van der Waals surface area contributed by atoms with Crippen molar-refractivity contribution in [1.82, 2.24) is 15.0 Å². The van der Waals surface area contributed by atoms with Crippen LogP contribution in [0.25, 0.3) is 22.5 Å². The number of hydrogen-bond acceptors (Lipinski definition) is 4. The van der Waals surface area contributed by atoms with Crippen LogP contribution in [-0.2, 0) is 4.79 Å². The first kappa shape index (κ1) is 16.2. The zero-order valence-electron chi connectivity index (χ0n) is 13.1. The standard InChI is InChI=1S/C17H15FN4OS/c1-10(23)20-14-9-12(7-8-19-14)16-15(21-17(22-16)24-2)11-3-5-13(18)6-4-11/h3-9H,1-2H3,(H,21,22)(H,19,20,23). The highest BCUT2D eigenvalue weighted by atomic mass is 32.2. The van der Waals surface area contributed by atoms with Gasteiger partial charge in [-0.15, -0.1) is 0 Å². The van der Waals surface area contributed by atoms with Crippen molar-refractivity contribution in [2.75, 3.05) is 11.6 Å². The fourth-order valence-electron chi connectivity index (χ4n) is 2.31. The molecule has 1 aromatic carbocycles. The summed E-state index contributed by atoms with van der Waals surface area (Å²) in [5.74, 6) is -0.0224. The quantitative estimate of drug-likeness (QED) is 0.704. The number of amides is 1. The summed E-state index contributed by atoms with van der Waals surface area (Å²) in [7, 11) is 0. The number of imidazole rings is 1. The third-order valence-corrected chi connectivity index (χ3v) is 3.93. The van der Waals surface area contributed by atoms with Crippen molar-refractivity contribution in [3.63, 3.8) is 0 Å². The third kappa shape index (κ3) is 3.46. The number of H-pyrrole nitrogens is 1. The molecular weight excluding hydrogens is 327 g/mol. The predicted octanol–water partition coefficient (Wildman–Crippen LogP) is 3.96. The zero-order valence-corrected chi connectivity index (χ0v) is 13.9. The largest absolute Gasteiger partial charge is 0.332 e. The van der Waals surface area contributed by atoms with Crippen LogP contribution in [0.5, 0.6) is 0 Å². The second-order valence-electron chi connectivity index (χ2n) is 5.09. The summed E-state index contributed by atoms with van der Waals surface area (Å²) in [5, 5.41) is 3.41. The van der Waals surface area contributed by atoms with Gasteiger partial charge in [-0.05, 0) is 42.7 Å². The van der Waals surface area contributed by atoms with Gasteiger partial charge < -0.3 is 10.3 Å². The number of carbonyl (C=O) groups is 1. The summed E-state index contributed by atoms with van der Waals surface area (Å²) >= 11 is 1.49. The van der Waals surface area contributed by atoms with Crippen molar-refractivity contribution in [1.29, 1.82) is 0 Å². The van der Waals surface area contributed by atoms with Crippen molar-refractivity contribution in [2.24, 2.45) is 0 Å². The maximum absolute atomic E-state index is 13.2. The highest BCUT2D eigenvalue weighted by molar-refractivity contribution is 7.98. The van der Waals surface area contributed by atoms with Crippen LogP contribution >= 0.6 is 11.8 Å². The van der Waals surface area contributed by atoms with Gasteiger partial charge in [0.2, 0.25) is 5.91 Å². The maximum atomic E-state index is 13.2. The highest BCUT2D eigenvalue weighted by Gasteiger charge is 2.15. The molecule has 3 aromatic rings. The second-order valence-corrected chi connectivity index (χ2v) is 5.88. The van der Waals surface area contributed by atoms with E-state index in [2.05, 4.69) is 20.3 Å². The van der Waals surface area contributed by atoms with E-state index in [1.807, 2.05) is 12.3 Å². The molecule has 0 unspecified atom stereocenters. The third-order valence-electron chi connectivity index (χ3n) is 3.35. The van der Waals surface area contributed by atoms with Gasteiger partial charge in [0.25, 0.3) is 0 Å². The normalized spacial score (nSPS) is 10.6. The predicted molar refractivity (Wildman–Crippen MR) is 93.3 cm³/mol. The number of nitrogens with zero attached hydrogens (tertiary/aromatic N) is 2. The molecule has 0 saturated heterocycles. The first-order valence-electron chi connectivity index (χ1n) is 7.21. The first-order chi connectivity index (χ1) is 11.6. The van der Waals surface area contributed by atoms with Crippen molar-refractivity contribution in [3.8, 4) is 22.5 Å². The van der Waals surface area contributed by atoms with Crippen molar-refractivity contribution < 1.29 is 9.18 Å². The molecule has 3 rings (SSSR count). The van der Waals surface area contributed by atoms with Crippen LogP contribution < -0.4 is 5.32 Å². The van der Waals surface area contributed by atoms with Gasteiger partial charge >= 0.3 is 0 Å². The molecule has 2 heterocycles. The van der Waals surface area contributed by atoms with Crippen LogP contribution in [0.4, 0.5) is 10.2 Å². The van der Waals surface area contributed by atoms with E-state index in [0.717, 1.165) is 27.7 Å². The molecule has 0 aliphatic heterocycles. The summed E-state index contributed by atoms with van der Waals surface area (Å²) in [5.41, 5.74) is 3.15. The lowest BCUT2D eigenvalue weighted by molar-refractivity contribution is -0.114. The number of pyridine rings is 1. The van der Waals surface area contributed by atoms with Gasteiger partial charge in [0, 0.05) is 24.2 Å². The molecule has 5 nitrogen and oxygen atoms in total. The molecule has 0 spiro atoms. The van der Waals surface area contributed by atoms with Crippen LogP contribution in [0.2, 0.25) is 0 Å². The molecule has 24 heavy (non-hydrogen) atoms. The molecule has 0 bridgehead atoms. The van der Waals surface area contributed by atoms with Crippen LogP contribution in [0.15, 0.2) is 47.8 Å². The lowest BCUT2D eigenvalue weighted by Crippen LogP contribution is -2.07. The number of nitrogens with one attached hydrogen (secondary N) is 2. The van der Waals surface area contributed by atoms with Gasteiger partial charge in [0.15, 0.2) is 5.16 Å². The minimum atomic E-state index is -0.290. The van der Waals surface area contributed by atoms with Gasteiger partial charge in [-0.1, -0.05) is 11.8 Å². The summed E-state index contributed by atoms with van der Waals surface area (Å²) in [6.07, 6.45) is 3.54. The molecule has 0 fully saturated rings. The molecule has 2 N–H and O–H groups in total. The van der Waals surface area contributed by atoms with Crippen molar-refractivity contribution >= 4 is 23.5 Å². The Balaban J connectivity index is 2.09. The average Bonchev–Trinajstić information content (AvgIpc) is 2.99. The Morgan fingerprint density at radius 1 is 1.21 bits per heavy atom. The number of anilines is 1. The van der Waals surface area contributed by atoms with E-state index in [1.165, 1.54) is 30.8 Å². The fourth-order valence-corrected chi connectivity index (χ4v) is 2.70. The Morgan fingerprint density at radius 2 is 1.96 bits per heavy atom. The van der Waals surface area contributed by atoms with Gasteiger partial charge in [0.05, 0.1) is 11.4 Å². The topological polar surface area (TPSA) is 70.7 Å². The van der Waals surface area contributed by atoms with Gasteiger partial charge in [-0.25, -0.2) is 14.4 Å². The van der Waals surface area contributed by atoms with Crippen molar-refractivity contribution in [2.45, 2.75) is 12.1 Å². The molecule has 1 amide bonds. The molecular formula is C17H15FN4OS. The molecule has 7 heteroatoms. The Hall–Kier alpha value is -2.67. The molecule has 122 valence electrons. The smallest absolute Gasteiger partial charge is 0.222 e. The molecule has 2 aromatic heterocycles. The lowest BCUT2D eigenvalue weighted by Gasteiger charge is -2.06. The highest BCUT2D eigenvalue weighted by Crippen LogP contribution is 2.32. The molecule has 0 radical (unpaired) electrons. The van der Waals surface area contributed by atoms with E-state index in [9.17, 15) is 9.18 Å². The number of aromatic nitrogens is 3. The second kappa shape index (κ2) is 6.84. The number of rotatable bonds is 4. The summed E-state index contributed by atoms with van der Waals surface area (Å²) in [6.45, 7) is 1.43. The minimum Gasteiger partial charge on any atom is -0.332 e. The minimum absolute atomic E-state index is 0.190.